The predicted molar refractivity (Wildman–Crippen MR) is 66.6 cm³/mol. The summed E-state index contributed by atoms with van der Waals surface area (Å²) < 4.78 is 10.6. The molecule has 1 aromatic rings. The summed E-state index contributed by atoms with van der Waals surface area (Å²) in [7, 11) is 0. The first-order valence-electron chi connectivity index (χ1n) is 6.11. The Morgan fingerprint density at radius 1 is 1.24 bits per heavy atom. The van der Waals surface area contributed by atoms with Crippen molar-refractivity contribution in [1.29, 1.82) is 0 Å². The summed E-state index contributed by atoms with van der Waals surface area (Å²) in [6, 6.07) is 9.58. The fourth-order valence-corrected chi connectivity index (χ4v) is 1.55. The quantitative estimate of drug-likeness (QED) is 0.539. The number of benzene rings is 1. The monoisotopic (exact) mass is 236 g/mol. The van der Waals surface area contributed by atoms with Crippen LogP contribution in [0.5, 0.6) is 0 Å². The Balaban J connectivity index is 2.42. The highest BCUT2D eigenvalue weighted by molar-refractivity contribution is 5.72. The average molecular weight is 236 g/mol. The Kier molecular flexibility index (Phi) is 6.33. The van der Waals surface area contributed by atoms with E-state index in [0.717, 1.165) is 18.4 Å². The summed E-state index contributed by atoms with van der Waals surface area (Å²) in [5.41, 5.74) is 0.962. The minimum atomic E-state index is -0.402. The zero-order valence-corrected chi connectivity index (χ0v) is 10.5. The van der Waals surface area contributed by atoms with Gasteiger partial charge in [0.25, 0.3) is 0 Å². The number of carbonyl (C=O) groups excluding carboxylic acids is 1. The molecule has 0 aliphatic heterocycles. The van der Waals surface area contributed by atoms with Crippen LogP contribution in [0.2, 0.25) is 0 Å². The van der Waals surface area contributed by atoms with Crippen molar-refractivity contribution in [2.75, 3.05) is 6.61 Å². The largest absolute Gasteiger partial charge is 0.436 e. The van der Waals surface area contributed by atoms with Crippen LogP contribution in [0.15, 0.2) is 30.3 Å². The SMILES string of the molecule is CCCC(OCC)OC(=O)Cc1ccccc1. The molecule has 0 aromatic heterocycles. The van der Waals surface area contributed by atoms with Gasteiger partial charge in [-0.2, -0.15) is 0 Å². The molecule has 1 aromatic carbocycles. The van der Waals surface area contributed by atoms with Crippen LogP contribution in [-0.4, -0.2) is 18.9 Å². The summed E-state index contributed by atoms with van der Waals surface area (Å²) in [5, 5.41) is 0. The Bertz CT molecular complexity index is 315. The second-order valence-corrected chi connectivity index (χ2v) is 3.83. The molecule has 0 aliphatic carbocycles. The molecule has 1 rings (SSSR count). The summed E-state index contributed by atoms with van der Waals surface area (Å²) in [6.07, 6.45) is 1.58. The number of rotatable bonds is 7. The van der Waals surface area contributed by atoms with Gasteiger partial charge < -0.3 is 9.47 Å². The molecule has 0 saturated carbocycles. The minimum Gasteiger partial charge on any atom is -0.436 e. The summed E-state index contributed by atoms with van der Waals surface area (Å²) >= 11 is 0. The highest BCUT2D eigenvalue weighted by atomic mass is 16.7. The van der Waals surface area contributed by atoms with Gasteiger partial charge in [-0.15, -0.1) is 0 Å². The Morgan fingerprint density at radius 2 is 1.94 bits per heavy atom. The van der Waals surface area contributed by atoms with Crippen LogP contribution in [0, 0.1) is 0 Å². The van der Waals surface area contributed by atoms with Crippen LogP contribution in [0.25, 0.3) is 0 Å². The van der Waals surface area contributed by atoms with Crippen molar-refractivity contribution < 1.29 is 14.3 Å². The molecule has 0 aliphatic rings. The van der Waals surface area contributed by atoms with Gasteiger partial charge in [-0.05, 0) is 12.5 Å². The lowest BCUT2D eigenvalue weighted by Gasteiger charge is -2.16. The fraction of sp³-hybridized carbons (Fsp3) is 0.500. The summed E-state index contributed by atoms with van der Waals surface area (Å²) in [4.78, 5) is 11.7. The first kappa shape index (κ1) is 13.7. The van der Waals surface area contributed by atoms with E-state index in [2.05, 4.69) is 0 Å². The Hall–Kier alpha value is -1.35. The van der Waals surface area contributed by atoms with E-state index in [1.54, 1.807) is 0 Å². The van der Waals surface area contributed by atoms with Gasteiger partial charge in [0.05, 0.1) is 6.42 Å². The minimum absolute atomic E-state index is 0.233. The molecule has 0 radical (unpaired) electrons. The van der Waals surface area contributed by atoms with E-state index < -0.39 is 6.29 Å². The van der Waals surface area contributed by atoms with Crippen LogP contribution in [-0.2, 0) is 20.7 Å². The third kappa shape index (κ3) is 5.50. The van der Waals surface area contributed by atoms with Crippen molar-refractivity contribution in [3.05, 3.63) is 35.9 Å². The van der Waals surface area contributed by atoms with Crippen LogP contribution in [0.4, 0.5) is 0 Å². The van der Waals surface area contributed by atoms with E-state index in [1.807, 2.05) is 44.2 Å². The molecule has 0 fully saturated rings. The molecule has 0 spiro atoms. The van der Waals surface area contributed by atoms with Gasteiger partial charge in [0.1, 0.15) is 0 Å². The molecule has 0 N–H and O–H groups in total. The van der Waals surface area contributed by atoms with E-state index in [0.29, 0.717) is 13.0 Å². The number of ether oxygens (including phenoxy) is 2. The van der Waals surface area contributed by atoms with Crippen LogP contribution >= 0.6 is 0 Å². The van der Waals surface area contributed by atoms with Crippen molar-refractivity contribution in [2.45, 2.75) is 39.4 Å². The van der Waals surface area contributed by atoms with Crippen LogP contribution in [0.3, 0.4) is 0 Å². The lowest BCUT2D eigenvalue weighted by Crippen LogP contribution is -2.22. The van der Waals surface area contributed by atoms with Crippen molar-refractivity contribution >= 4 is 5.97 Å². The van der Waals surface area contributed by atoms with Crippen molar-refractivity contribution in [3.8, 4) is 0 Å². The lowest BCUT2D eigenvalue weighted by atomic mass is 10.2. The van der Waals surface area contributed by atoms with Gasteiger partial charge >= 0.3 is 5.97 Å². The molecule has 3 nitrogen and oxygen atoms in total. The highest BCUT2D eigenvalue weighted by Gasteiger charge is 2.13. The molecular weight excluding hydrogens is 216 g/mol. The number of carbonyl (C=O) groups is 1. The number of hydrogen-bond acceptors (Lipinski definition) is 3. The molecule has 0 amide bonds. The molecule has 1 atom stereocenters. The lowest BCUT2D eigenvalue weighted by molar-refractivity contribution is -0.178. The first-order chi connectivity index (χ1) is 8.26. The zero-order chi connectivity index (χ0) is 12.5. The Morgan fingerprint density at radius 3 is 2.53 bits per heavy atom. The van der Waals surface area contributed by atoms with E-state index in [9.17, 15) is 4.79 Å². The molecule has 17 heavy (non-hydrogen) atoms. The highest BCUT2D eigenvalue weighted by Crippen LogP contribution is 2.07. The standard InChI is InChI=1S/C14H20O3/c1-3-8-14(16-4-2)17-13(15)11-12-9-6-5-7-10-12/h5-7,9-10,14H,3-4,8,11H2,1-2H3. The van der Waals surface area contributed by atoms with E-state index in [4.69, 9.17) is 9.47 Å². The molecule has 1 unspecified atom stereocenters. The van der Waals surface area contributed by atoms with E-state index in [-0.39, 0.29) is 5.97 Å². The van der Waals surface area contributed by atoms with Gasteiger partial charge in [-0.1, -0.05) is 43.7 Å². The Labute approximate surface area is 103 Å². The number of hydrogen-bond donors (Lipinski definition) is 0. The van der Waals surface area contributed by atoms with Gasteiger partial charge in [-0.25, -0.2) is 0 Å². The zero-order valence-electron chi connectivity index (χ0n) is 10.5. The normalized spacial score (nSPS) is 12.1. The second-order valence-electron chi connectivity index (χ2n) is 3.83. The van der Waals surface area contributed by atoms with Gasteiger partial charge in [0.2, 0.25) is 6.29 Å². The third-order valence-corrected chi connectivity index (χ3v) is 2.33. The maximum Gasteiger partial charge on any atom is 0.312 e. The maximum absolute atomic E-state index is 11.7. The molecular formula is C14H20O3. The molecule has 0 saturated heterocycles. The first-order valence-corrected chi connectivity index (χ1v) is 6.11. The number of esters is 1. The van der Waals surface area contributed by atoms with Gasteiger partial charge in [-0.3, -0.25) is 4.79 Å². The molecule has 0 heterocycles. The summed E-state index contributed by atoms with van der Waals surface area (Å²) in [6.45, 7) is 4.49. The van der Waals surface area contributed by atoms with Gasteiger partial charge in [0, 0.05) is 13.0 Å². The third-order valence-electron chi connectivity index (χ3n) is 2.33. The van der Waals surface area contributed by atoms with Gasteiger partial charge in [0.15, 0.2) is 0 Å². The van der Waals surface area contributed by atoms with E-state index in [1.165, 1.54) is 0 Å². The van der Waals surface area contributed by atoms with Crippen LogP contribution < -0.4 is 0 Å². The second kappa shape index (κ2) is 7.85. The molecule has 94 valence electrons. The maximum atomic E-state index is 11.7. The predicted octanol–water partition coefficient (Wildman–Crippen LogP) is 2.94. The summed E-state index contributed by atoms with van der Waals surface area (Å²) in [5.74, 6) is -0.233. The molecule has 3 heteroatoms. The van der Waals surface area contributed by atoms with Crippen LogP contribution in [0.1, 0.15) is 32.3 Å². The van der Waals surface area contributed by atoms with Crippen molar-refractivity contribution in [1.82, 2.24) is 0 Å². The topological polar surface area (TPSA) is 35.5 Å². The average Bonchev–Trinajstić information content (AvgIpc) is 2.30. The van der Waals surface area contributed by atoms with E-state index >= 15 is 0 Å². The van der Waals surface area contributed by atoms with Crippen molar-refractivity contribution in [3.63, 3.8) is 0 Å². The smallest absolute Gasteiger partial charge is 0.312 e. The molecule has 0 bridgehead atoms. The fourth-order valence-electron chi connectivity index (χ4n) is 1.55. The van der Waals surface area contributed by atoms with Crippen molar-refractivity contribution in [2.24, 2.45) is 0 Å².